The summed E-state index contributed by atoms with van der Waals surface area (Å²) in [6, 6.07) is 9.70. The lowest BCUT2D eigenvalue weighted by atomic mass is 10.0. The first-order chi connectivity index (χ1) is 10.1. The molecular formula is C19H32N2. The van der Waals surface area contributed by atoms with Gasteiger partial charge in [-0.1, -0.05) is 52.0 Å². The zero-order valence-corrected chi connectivity index (χ0v) is 14.2. The molecule has 0 aliphatic carbocycles. The molecule has 1 heterocycles. The molecule has 1 N–H and O–H groups in total. The zero-order valence-electron chi connectivity index (χ0n) is 14.2. The normalized spacial score (nSPS) is 19.8. The topological polar surface area (TPSA) is 15.3 Å². The van der Waals surface area contributed by atoms with E-state index >= 15 is 0 Å². The summed E-state index contributed by atoms with van der Waals surface area (Å²) >= 11 is 0. The Labute approximate surface area is 130 Å². The third kappa shape index (κ3) is 4.82. The molecule has 1 aliphatic rings. The first kappa shape index (κ1) is 16.5. The minimum absolute atomic E-state index is 0.709. The van der Waals surface area contributed by atoms with Gasteiger partial charge in [-0.3, -0.25) is 4.90 Å². The predicted octanol–water partition coefficient (Wildman–Crippen LogP) is 4.05. The Kier molecular flexibility index (Phi) is 6.25. The molecule has 0 radical (unpaired) electrons. The van der Waals surface area contributed by atoms with Crippen molar-refractivity contribution in [3.05, 3.63) is 35.4 Å². The Hall–Kier alpha value is -0.860. The van der Waals surface area contributed by atoms with Crippen LogP contribution in [0.1, 0.15) is 51.7 Å². The molecule has 1 aromatic rings. The van der Waals surface area contributed by atoms with Gasteiger partial charge in [-0.2, -0.15) is 0 Å². The van der Waals surface area contributed by atoms with Crippen molar-refractivity contribution in [1.29, 1.82) is 0 Å². The molecule has 1 aliphatic heterocycles. The zero-order chi connectivity index (χ0) is 15.2. The van der Waals surface area contributed by atoms with Crippen molar-refractivity contribution in [2.75, 3.05) is 13.1 Å². The molecule has 0 bridgehead atoms. The van der Waals surface area contributed by atoms with E-state index in [4.69, 9.17) is 0 Å². The van der Waals surface area contributed by atoms with Crippen LogP contribution in [0.5, 0.6) is 0 Å². The molecule has 1 saturated heterocycles. The number of hydrogen-bond acceptors (Lipinski definition) is 2. The lowest BCUT2D eigenvalue weighted by Crippen LogP contribution is -2.33. The van der Waals surface area contributed by atoms with Gasteiger partial charge >= 0.3 is 0 Å². The molecule has 1 aromatic carbocycles. The second-order valence-electron chi connectivity index (χ2n) is 7.22. The Morgan fingerprint density at radius 1 is 1.14 bits per heavy atom. The predicted molar refractivity (Wildman–Crippen MR) is 91.3 cm³/mol. The van der Waals surface area contributed by atoms with Gasteiger partial charge in [0.15, 0.2) is 0 Å². The number of rotatable bonds is 7. The maximum Gasteiger partial charge on any atom is 0.0240 e. The molecular weight excluding hydrogens is 256 g/mol. The van der Waals surface area contributed by atoms with Crippen LogP contribution in [-0.2, 0) is 13.1 Å². The van der Waals surface area contributed by atoms with E-state index in [2.05, 4.69) is 62.2 Å². The average molecular weight is 288 g/mol. The van der Waals surface area contributed by atoms with Gasteiger partial charge in [0.2, 0.25) is 0 Å². The van der Waals surface area contributed by atoms with Gasteiger partial charge in [-0.05, 0) is 48.9 Å². The molecule has 0 amide bonds. The van der Waals surface area contributed by atoms with Crippen molar-refractivity contribution in [2.24, 2.45) is 11.8 Å². The highest BCUT2D eigenvalue weighted by atomic mass is 15.2. The van der Waals surface area contributed by atoms with Crippen molar-refractivity contribution in [3.8, 4) is 0 Å². The summed E-state index contributed by atoms with van der Waals surface area (Å²) in [5.41, 5.74) is 2.97. The first-order valence-corrected chi connectivity index (χ1v) is 8.59. The van der Waals surface area contributed by atoms with E-state index in [1.54, 1.807) is 0 Å². The number of benzene rings is 1. The van der Waals surface area contributed by atoms with E-state index in [-0.39, 0.29) is 0 Å². The summed E-state index contributed by atoms with van der Waals surface area (Å²) in [7, 11) is 0. The molecule has 118 valence electrons. The van der Waals surface area contributed by atoms with E-state index < -0.39 is 0 Å². The summed E-state index contributed by atoms with van der Waals surface area (Å²) < 4.78 is 0. The van der Waals surface area contributed by atoms with Crippen LogP contribution in [0.2, 0.25) is 0 Å². The maximum atomic E-state index is 3.58. The molecule has 0 saturated carbocycles. The fraction of sp³-hybridized carbons (Fsp3) is 0.684. The summed E-state index contributed by atoms with van der Waals surface area (Å²) in [5, 5.41) is 3.58. The number of likely N-dealkylation sites (tertiary alicyclic amines) is 1. The second kappa shape index (κ2) is 7.95. The maximum absolute atomic E-state index is 3.58. The van der Waals surface area contributed by atoms with Gasteiger partial charge in [0.05, 0.1) is 0 Å². The highest BCUT2D eigenvalue weighted by Gasteiger charge is 2.27. The van der Waals surface area contributed by atoms with Gasteiger partial charge in [0.1, 0.15) is 0 Å². The third-order valence-corrected chi connectivity index (χ3v) is 4.54. The van der Waals surface area contributed by atoms with E-state index in [0.29, 0.717) is 5.92 Å². The lowest BCUT2D eigenvalue weighted by Gasteiger charge is -2.28. The van der Waals surface area contributed by atoms with Crippen LogP contribution in [0, 0.1) is 11.8 Å². The largest absolute Gasteiger partial charge is 0.312 e. The number of hydrogen-bond donors (Lipinski definition) is 1. The molecule has 21 heavy (non-hydrogen) atoms. The van der Waals surface area contributed by atoms with E-state index in [1.165, 1.54) is 30.5 Å². The fourth-order valence-electron chi connectivity index (χ4n) is 3.40. The Balaban J connectivity index is 1.99. The summed E-state index contributed by atoms with van der Waals surface area (Å²) in [4.78, 5) is 2.69. The van der Waals surface area contributed by atoms with Crippen LogP contribution in [0.4, 0.5) is 0 Å². The van der Waals surface area contributed by atoms with Gasteiger partial charge in [-0.15, -0.1) is 0 Å². The van der Waals surface area contributed by atoms with Crippen molar-refractivity contribution in [2.45, 2.75) is 59.7 Å². The molecule has 2 heteroatoms. The van der Waals surface area contributed by atoms with Crippen LogP contribution in [0.15, 0.2) is 24.3 Å². The quantitative estimate of drug-likeness (QED) is 0.814. The lowest BCUT2D eigenvalue weighted by molar-refractivity contribution is 0.198. The minimum Gasteiger partial charge on any atom is -0.312 e. The van der Waals surface area contributed by atoms with E-state index in [0.717, 1.165) is 31.6 Å². The Bertz CT molecular complexity index is 425. The van der Waals surface area contributed by atoms with Crippen molar-refractivity contribution < 1.29 is 0 Å². The van der Waals surface area contributed by atoms with Crippen molar-refractivity contribution in [3.63, 3.8) is 0 Å². The standard InChI is InChI=1S/C19H32N2/c1-15(2)12-20-13-17-8-5-6-9-18(17)14-21-11-7-10-19(21)16(3)4/h5-6,8-9,15-16,19-20H,7,10-14H2,1-4H3. The third-order valence-electron chi connectivity index (χ3n) is 4.54. The summed E-state index contributed by atoms with van der Waals surface area (Å²) in [5.74, 6) is 1.47. The fourth-order valence-corrected chi connectivity index (χ4v) is 3.40. The summed E-state index contributed by atoms with van der Waals surface area (Å²) in [6.45, 7) is 13.7. The second-order valence-corrected chi connectivity index (χ2v) is 7.22. The summed E-state index contributed by atoms with van der Waals surface area (Å²) in [6.07, 6.45) is 2.72. The van der Waals surface area contributed by atoms with Crippen molar-refractivity contribution in [1.82, 2.24) is 10.2 Å². The molecule has 2 nitrogen and oxygen atoms in total. The minimum atomic E-state index is 0.709. The monoisotopic (exact) mass is 288 g/mol. The Morgan fingerprint density at radius 3 is 2.52 bits per heavy atom. The Morgan fingerprint density at radius 2 is 1.86 bits per heavy atom. The number of nitrogens with one attached hydrogen (secondary N) is 1. The average Bonchev–Trinajstić information content (AvgIpc) is 2.88. The van der Waals surface area contributed by atoms with Crippen LogP contribution < -0.4 is 5.32 Å². The highest BCUT2D eigenvalue weighted by molar-refractivity contribution is 5.27. The van der Waals surface area contributed by atoms with Crippen LogP contribution >= 0.6 is 0 Å². The first-order valence-electron chi connectivity index (χ1n) is 8.59. The SMILES string of the molecule is CC(C)CNCc1ccccc1CN1CCCC1C(C)C. The van der Waals surface area contributed by atoms with E-state index in [9.17, 15) is 0 Å². The molecule has 1 unspecified atom stereocenters. The molecule has 0 spiro atoms. The van der Waals surface area contributed by atoms with Gasteiger partial charge in [0, 0.05) is 19.1 Å². The molecule has 0 aromatic heterocycles. The van der Waals surface area contributed by atoms with Gasteiger partial charge < -0.3 is 5.32 Å². The molecule has 1 fully saturated rings. The molecule has 2 rings (SSSR count). The smallest absolute Gasteiger partial charge is 0.0240 e. The van der Waals surface area contributed by atoms with Crippen LogP contribution in [0.3, 0.4) is 0 Å². The highest BCUT2D eigenvalue weighted by Crippen LogP contribution is 2.26. The molecule has 1 atom stereocenters. The van der Waals surface area contributed by atoms with Crippen molar-refractivity contribution >= 4 is 0 Å². The van der Waals surface area contributed by atoms with Gasteiger partial charge in [-0.25, -0.2) is 0 Å². The van der Waals surface area contributed by atoms with Crippen LogP contribution in [-0.4, -0.2) is 24.0 Å². The van der Waals surface area contributed by atoms with E-state index in [1.807, 2.05) is 0 Å². The number of nitrogens with zero attached hydrogens (tertiary/aromatic N) is 1. The van der Waals surface area contributed by atoms with Crippen LogP contribution in [0.25, 0.3) is 0 Å². The van der Waals surface area contributed by atoms with Gasteiger partial charge in [0.25, 0.3) is 0 Å².